The van der Waals surface area contributed by atoms with Crippen LogP contribution in [0.25, 0.3) is 0 Å². The number of ketones is 1. The number of hydrogen-bond acceptors (Lipinski definition) is 2. The summed E-state index contributed by atoms with van der Waals surface area (Å²) in [6, 6.07) is 0.497. The van der Waals surface area contributed by atoms with Crippen molar-refractivity contribution in [2.24, 2.45) is 11.8 Å². The maximum absolute atomic E-state index is 12.4. The van der Waals surface area contributed by atoms with Crippen LogP contribution < -0.4 is 5.32 Å². The zero-order chi connectivity index (χ0) is 16.9. The van der Waals surface area contributed by atoms with Gasteiger partial charge < -0.3 is 5.32 Å². The first kappa shape index (κ1) is 20.4. The Labute approximate surface area is 144 Å². The summed E-state index contributed by atoms with van der Waals surface area (Å²) in [5.74, 6) is 1.47. The molecule has 1 heterocycles. The van der Waals surface area contributed by atoms with Gasteiger partial charge in [-0.1, -0.05) is 51.2 Å². The molecule has 1 aliphatic rings. The zero-order valence-electron chi connectivity index (χ0n) is 15.8. The predicted molar refractivity (Wildman–Crippen MR) is 101 cm³/mol. The minimum Gasteiger partial charge on any atom is -0.314 e. The average molecular weight is 322 g/mol. The number of allylic oxidation sites excluding steroid dienone is 2. The largest absolute Gasteiger partial charge is 0.314 e. The van der Waals surface area contributed by atoms with Gasteiger partial charge in [0.15, 0.2) is 0 Å². The summed E-state index contributed by atoms with van der Waals surface area (Å²) in [4.78, 5) is 12.4. The van der Waals surface area contributed by atoms with Crippen molar-refractivity contribution in [2.45, 2.75) is 97.4 Å². The number of carbonyl (C=O) groups excluding carboxylic acids is 1. The van der Waals surface area contributed by atoms with E-state index in [2.05, 4.69) is 38.2 Å². The molecule has 1 N–H and O–H groups in total. The Bertz CT molecular complexity index is 325. The van der Waals surface area contributed by atoms with E-state index in [9.17, 15) is 4.79 Å². The van der Waals surface area contributed by atoms with Crippen molar-refractivity contribution < 1.29 is 4.79 Å². The van der Waals surface area contributed by atoms with Gasteiger partial charge >= 0.3 is 0 Å². The van der Waals surface area contributed by atoms with E-state index >= 15 is 0 Å². The minimum atomic E-state index is 0.307. The van der Waals surface area contributed by atoms with Crippen LogP contribution in [0.4, 0.5) is 0 Å². The number of unbranched alkanes of at least 4 members (excludes halogenated alkanes) is 7. The summed E-state index contributed by atoms with van der Waals surface area (Å²) in [6.07, 6.45) is 17.6. The molecule has 0 bridgehead atoms. The van der Waals surface area contributed by atoms with Crippen molar-refractivity contribution in [3.8, 4) is 0 Å². The van der Waals surface area contributed by atoms with Crippen LogP contribution in [-0.4, -0.2) is 18.4 Å². The smallest absolute Gasteiger partial charge is 0.136 e. The molecule has 0 spiro atoms. The molecule has 0 aliphatic carbocycles. The lowest BCUT2D eigenvalue weighted by Gasteiger charge is -2.16. The van der Waals surface area contributed by atoms with E-state index in [1.807, 2.05) is 0 Å². The summed E-state index contributed by atoms with van der Waals surface area (Å²) in [5.41, 5.74) is 0. The van der Waals surface area contributed by atoms with Crippen LogP contribution in [0, 0.1) is 11.8 Å². The number of carbonyl (C=O) groups is 1. The fraction of sp³-hybridized carbons (Fsp3) is 0.857. The number of nitrogens with one attached hydrogen (secondary N) is 1. The normalized spacial score (nSPS) is 25.6. The highest BCUT2D eigenvalue weighted by Crippen LogP contribution is 2.24. The Morgan fingerprint density at radius 3 is 2.35 bits per heavy atom. The van der Waals surface area contributed by atoms with Crippen LogP contribution in [0.5, 0.6) is 0 Å². The van der Waals surface area contributed by atoms with E-state index in [1.165, 1.54) is 44.9 Å². The lowest BCUT2D eigenvalue weighted by molar-refractivity contribution is -0.123. The van der Waals surface area contributed by atoms with Crippen LogP contribution in [0.2, 0.25) is 0 Å². The highest BCUT2D eigenvalue weighted by molar-refractivity contribution is 5.81. The lowest BCUT2D eigenvalue weighted by atomic mass is 9.87. The van der Waals surface area contributed by atoms with Gasteiger partial charge in [0.05, 0.1) is 0 Å². The molecular formula is C21H39NO. The first-order chi connectivity index (χ1) is 11.1. The van der Waals surface area contributed by atoms with Gasteiger partial charge in [-0.05, 0) is 58.4 Å². The SMILES string of the molecule is C/C=C/CCCCCCCCCC(=O)C1CC(C)CNC(C)C1. The van der Waals surface area contributed by atoms with Gasteiger partial charge in [0.2, 0.25) is 0 Å². The van der Waals surface area contributed by atoms with Crippen molar-refractivity contribution in [2.75, 3.05) is 6.54 Å². The van der Waals surface area contributed by atoms with Crippen LogP contribution in [0.3, 0.4) is 0 Å². The van der Waals surface area contributed by atoms with Crippen molar-refractivity contribution in [1.29, 1.82) is 0 Å². The molecule has 0 aromatic rings. The molecule has 2 nitrogen and oxygen atoms in total. The minimum absolute atomic E-state index is 0.307. The maximum Gasteiger partial charge on any atom is 0.136 e. The molecule has 23 heavy (non-hydrogen) atoms. The maximum atomic E-state index is 12.4. The Morgan fingerprint density at radius 2 is 1.65 bits per heavy atom. The third kappa shape index (κ3) is 9.96. The number of hydrogen-bond donors (Lipinski definition) is 1. The van der Waals surface area contributed by atoms with Crippen molar-refractivity contribution in [1.82, 2.24) is 5.32 Å². The van der Waals surface area contributed by atoms with E-state index in [4.69, 9.17) is 0 Å². The van der Waals surface area contributed by atoms with E-state index in [0.717, 1.165) is 32.2 Å². The van der Waals surface area contributed by atoms with E-state index < -0.39 is 0 Å². The summed E-state index contributed by atoms with van der Waals surface area (Å²) in [5, 5.41) is 3.53. The first-order valence-electron chi connectivity index (χ1n) is 10.0. The first-order valence-corrected chi connectivity index (χ1v) is 10.0. The van der Waals surface area contributed by atoms with Crippen molar-refractivity contribution in [3.05, 3.63) is 12.2 Å². The Kier molecular flexibility index (Phi) is 11.3. The number of rotatable bonds is 11. The summed E-state index contributed by atoms with van der Waals surface area (Å²) in [7, 11) is 0. The summed E-state index contributed by atoms with van der Waals surface area (Å²) in [6.45, 7) is 7.64. The van der Waals surface area contributed by atoms with Gasteiger partial charge in [-0.25, -0.2) is 0 Å². The van der Waals surface area contributed by atoms with Gasteiger partial charge in [-0.2, -0.15) is 0 Å². The summed E-state index contributed by atoms with van der Waals surface area (Å²) < 4.78 is 0. The molecule has 0 amide bonds. The summed E-state index contributed by atoms with van der Waals surface area (Å²) >= 11 is 0. The zero-order valence-corrected chi connectivity index (χ0v) is 15.8. The topological polar surface area (TPSA) is 29.1 Å². The van der Waals surface area contributed by atoms with Gasteiger partial charge in [-0.3, -0.25) is 4.79 Å². The standard InChI is InChI=1S/C21H39NO/c1-4-5-6-7-8-9-10-11-12-13-14-21(23)20-15-18(2)17-22-19(3)16-20/h4-5,18-20,22H,6-17H2,1-3H3/b5-4+. The van der Waals surface area contributed by atoms with Crippen molar-refractivity contribution >= 4 is 5.78 Å². The second-order valence-corrected chi connectivity index (χ2v) is 7.63. The van der Waals surface area contributed by atoms with Crippen LogP contribution in [-0.2, 0) is 4.79 Å². The van der Waals surface area contributed by atoms with Gasteiger partial charge in [0.25, 0.3) is 0 Å². The number of Topliss-reactive ketones (excluding diaryl/α,β-unsaturated/α-hetero) is 1. The second kappa shape index (κ2) is 12.8. The fourth-order valence-corrected chi connectivity index (χ4v) is 3.66. The van der Waals surface area contributed by atoms with Crippen LogP contribution >= 0.6 is 0 Å². The quantitative estimate of drug-likeness (QED) is 0.392. The van der Waals surface area contributed by atoms with E-state index in [0.29, 0.717) is 23.7 Å². The molecule has 134 valence electrons. The molecule has 0 saturated carbocycles. The van der Waals surface area contributed by atoms with Gasteiger partial charge in [0, 0.05) is 18.4 Å². The molecule has 1 saturated heterocycles. The Balaban J connectivity index is 2.03. The van der Waals surface area contributed by atoms with E-state index in [1.54, 1.807) is 0 Å². The van der Waals surface area contributed by atoms with Crippen LogP contribution in [0.1, 0.15) is 91.4 Å². The molecule has 2 heteroatoms. The second-order valence-electron chi connectivity index (χ2n) is 7.63. The van der Waals surface area contributed by atoms with Crippen LogP contribution in [0.15, 0.2) is 12.2 Å². The highest BCUT2D eigenvalue weighted by Gasteiger charge is 2.25. The molecule has 1 aliphatic heterocycles. The van der Waals surface area contributed by atoms with Gasteiger partial charge in [-0.15, -0.1) is 0 Å². The molecule has 0 radical (unpaired) electrons. The molecule has 1 rings (SSSR count). The third-order valence-electron chi connectivity index (χ3n) is 5.12. The molecule has 3 unspecified atom stereocenters. The average Bonchev–Trinajstić information content (AvgIpc) is 2.70. The third-order valence-corrected chi connectivity index (χ3v) is 5.12. The molecule has 0 aromatic carbocycles. The Morgan fingerprint density at radius 1 is 1.00 bits per heavy atom. The monoisotopic (exact) mass is 321 g/mol. The Hall–Kier alpha value is -0.630. The van der Waals surface area contributed by atoms with Gasteiger partial charge in [0.1, 0.15) is 5.78 Å². The highest BCUT2D eigenvalue weighted by atomic mass is 16.1. The van der Waals surface area contributed by atoms with E-state index in [-0.39, 0.29) is 0 Å². The predicted octanol–water partition coefficient (Wildman–Crippen LogP) is 5.67. The molecule has 0 aromatic heterocycles. The van der Waals surface area contributed by atoms with Crippen molar-refractivity contribution in [3.63, 3.8) is 0 Å². The molecule has 3 atom stereocenters. The molecule has 1 fully saturated rings. The lowest BCUT2D eigenvalue weighted by Crippen LogP contribution is -2.28. The fourth-order valence-electron chi connectivity index (χ4n) is 3.66. The molecular weight excluding hydrogens is 282 g/mol.